The number of benzene rings is 2. The zero-order chi connectivity index (χ0) is 24.9. The van der Waals surface area contributed by atoms with Crippen molar-refractivity contribution in [2.45, 2.75) is 89.1 Å². The fraction of sp³-hybridized carbons (Fsp3) is 0.586. The van der Waals surface area contributed by atoms with Gasteiger partial charge >= 0.3 is 0 Å². The fourth-order valence-electron chi connectivity index (χ4n) is 5.97. The van der Waals surface area contributed by atoms with Crippen LogP contribution in [0.1, 0.15) is 94.1 Å². The lowest BCUT2D eigenvalue weighted by atomic mass is 9.76. The molecule has 3 nitrogen and oxygen atoms in total. The molecule has 0 spiro atoms. The third-order valence-corrected chi connectivity index (χ3v) is 8.18. The van der Waals surface area contributed by atoms with E-state index in [-0.39, 0.29) is 41.3 Å². The summed E-state index contributed by atoms with van der Waals surface area (Å²) in [5.41, 5.74) is 1.30. The van der Waals surface area contributed by atoms with Gasteiger partial charge in [0.2, 0.25) is 5.82 Å². The highest BCUT2D eigenvalue weighted by atomic mass is 19.2. The number of aliphatic hydroxyl groups is 1. The van der Waals surface area contributed by atoms with Crippen molar-refractivity contribution in [3.05, 3.63) is 58.9 Å². The molecule has 0 aromatic heterocycles. The van der Waals surface area contributed by atoms with E-state index in [1.165, 1.54) is 12.1 Å². The Bertz CT molecular complexity index is 979. The van der Waals surface area contributed by atoms with Crippen LogP contribution in [0.4, 0.5) is 13.2 Å². The van der Waals surface area contributed by atoms with Crippen LogP contribution < -0.4 is 4.74 Å². The molecular weight excluding hydrogens is 453 g/mol. The van der Waals surface area contributed by atoms with Crippen LogP contribution in [0.5, 0.6) is 11.5 Å². The summed E-state index contributed by atoms with van der Waals surface area (Å²) >= 11 is 0. The molecule has 2 saturated carbocycles. The van der Waals surface area contributed by atoms with Gasteiger partial charge in [0.05, 0.1) is 12.7 Å². The SMILES string of the molecule is CCCC(O)C1CCC(c2ccc(OCC3CCC(c4ccc(O)c(F)c4)CC3)c(F)c2F)CC1. The number of phenols is 1. The van der Waals surface area contributed by atoms with Gasteiger partial charge in [0.15, 0.2) is 23.1 Å². The van der Waals surface area contributed by atoms with E-state index < -0.39 is 17.5 Å². The van der Waals surface area contributed by atoms with Gasteiger partial charge in [0.1, 0.15) is 0 Å². The fourth-order valence-corrected chi connectivity index (χ4v) is 5.97. The molecule has 192 valence electrons. The van der Waals surface area contributed by atoms with Crippen LogP contribution in [-0.4, -0.2) is 22.9 Å². The molecule has 2 N–H and O–H groups in total. The summed E-state index contributed by atoms with van der Waals surface area (Å²) in [6.45, 7) is 2.38. The highest BCUT2D eigenvalue weighted by Gasteiger charge is 2.30. The predicted octanol–water partition coefficient (Wildman–Crippen LogP) is 7.60. The van der Waals surface area contributed by atoms with E-state index in [0.717, 1.165) is 69.8 Å². The van der Waals surface area contributed by atoms with Crippen molar-refractivity contribution in [3.8, 4) is 11.5 Å². The molecule has 4 rings (SSSR count). The number of halogens is 3. The number of aliphatic hydroxyl groups excluding tert-OH is 1. The van der Waals surface area contributed by atoms with Gasteiger partial charge in [-0.15, -0.1) is 0 Å². The second-order valence-electron chi connectivity index (χ2n) is 10.5. The monoisotopic (exact) mass is 490 g/mol. The Labute approximate surface area is 206 Å². The molecule has 35 heavy (non-hydrogen) atoms. The summed E-state index contributed by atoms with van der Waals surface area (Å²) in [6.07, 6.45) is 8.10. The van der Waals surface area contributed by atoms with Crippen LogP contribution in [0.25, 0.3) is 0 Å². The minimum atomic E-state index is -0.913. The normalized spacial score (nSPS) is 25.9. The Balaban J connectivity index is 1.28. The molecule has 1 atom stereocenters. The Morgan fingerprint density at radius 3 is 2.23 bits per heavy atom. The minimum absolute atomic E-state index is 0.0244. The van der Waals surface area contributed by atoms with Crippen LogP contribution in [0, 0.1) is 29.3 Å². The van der Waals surface area contributed by atoms with Crippen LogP contribution in [0.3, 0.4) is 0 Å². The first kappa shape index (κ1) is 25.9. The van der Waals surface area contributed by atoms with Crippen molar-refractivity contribution in [1.82, 2.24) is 0 Å². The third kappa shape index (κ3) is 6.14. The smallest absolute Gasteiger partial charge is 0.200 e. The number of rotatable bonds is 8. The van der Waals surface area contributed by atoms with Crippen molar-refractivity contribution < 1.29 is 28.1 Å². The zero-order valence-electron chi connectivity index (χ0n) is 20.5. The van der Waals surface area contributed by atoms with Crippen molar-refractivity contribution in [3.63, 3.8) is 0 Å². The van der Waals surface area contributed by atoms with Crippen LogP contribution in [0.2, 0.25) is 0 Å². The van der Waals surface area contributed by atoms with Crippen molar-refractivity contribution in [2.24, 2.45) is 11.8 Å². The summed E-state index contributed by atoms with van der Waals surface area (Å²) in [5, 5.41) is 19.6. The first-order valence-corrected chi connectivity index (χ1v) is 13.1. The third-order valence-electron chi connectivity index (χ3n) is 8.18. The van der Waals surface area contributed by atoms with Crippen molar-refractivity contribution in [1.29, 1.82) is 0 Å². The van der Waals surface area contributed by atoms with E-state index in [9.17, 15) is 23.4 Å². The highest BCUT2D eigenvalue weighted by molar-refractivity contribution is 5.33. The Morgan fingerprint density at radius 1 is 0.886 bits per heavy atom. The average molecular weight is 491 g/mol. The molecule has 0 amide bonds. The van der Waals surface area contributed by atoms with Crippen LogP contribution in [-0.2, 0) is 0 Å². The van der Waals surface area contributed by atoms with Crippen LogP contribution >= 0.6 is 0 Å². The van der Waals surface area contributed by atoms with E-state index >= 15 is 0 Å². The zero-order valence-corrected chi connectivity index (χ0v) is 20.5. The summed E-state index contributed by atoms with van der Waals surface area (Å²) in [4.78, 5) is 0. The van der Waals surface area contributed by atoms with Gasteiger partial charge < -0.3 is 14.9 Å². The quantitative estimate of drug-likeness (QED) is 0.401. The van der Waals surface area contributed by atoms with E-state index in [4.69, 9.17) is 4.74 Å². The van der Waals surface area contributed by atoms with Crippen LogP contribution in [0.15, 0.2) is 30.3 Å². The van der Waals surface area contributed by atoms with Gasteiger partial charge in [-0.2, -0.15) is 4.39 Å². The van der Waals surface area contributed by atoms with Gasteiger partial charge in [0, 0.05) is 0 Å². The summed E-state index contributed by atoms with van der Waals surface area (Å²) in [7, 11) is 0. The van der Waals surface area contributed by atoms with Gasteiger partial charge in [-0.1, -0.05) is 25.5 Å². The Hall–Kier alpha value is -2.21. The highest BCUT2D eigenvalue weighted by Crippen LogP contribution is 2.41. The molecular formula is C29H37F3O3. The maximum absolute atomic E-state index is 14.9. The minimum Gasteiger partial charge on any atom is -0.505 e. The number of ether oxygens (including phenoxy) is 1. The molecule has 6 heteroatoms. The maximum Gasteiger partial charge on any atom is 0.200 e. The largest absolute Gasteiger partial charge is 0.505 e. The first-order chi connectivity index (χ1) is 16.9. The van der Waals surface area contributed by atoms with Gasteiger partial charge in [-0.3, -0.25) is 0 Å². The molecule has 2 aliphatic carbocycles. The Morgan fingerprint density at radius 2 is 1.57 bits per heavy atom. The molecule has 2 aliphatic rings. The standard InChI is InChI=1S/C29H37F3O3/c1-2-3-25(33)21-10-8-20(9-11-21)23-13-15-27(29(32)28(23)31)35-17-18-4-6-19(7-5-18)22-12-14-26(34)24(30)16-22/h12-16,18-21,25,33-34H,2-11,17H2,1H3. The van der Waals surface area contributed by atoms with Gasteiger partial charge in [-0.05, 0) is 111 Å². The molecule has 0 bridgehead atoms. The maximum atomic E-state index is 14.9. The number of aromatic hydroxyl groups is 1. The first-order valence-electron chi connectivity index (χ1n) is 13.1. The molecule has 0 saturated heterocycles. The topological polar surface area (TPSA) is 49.7 Å². The average Bonchev–Trinajstić information content (AvgIpc) is 2.87. The van der Waals surface area contributed by atoms with E-state index in [1.807, 2.05) is 0 Å². The molecule has 2 fully saturated rings. The molecule has 2 aromatic carbocycles. The summed E-state index contributed by atoms with van der Waals surface area (Å²) < 4.78 is 49.1. The lowest BCUT2D eigenvalue weighted by molar-refractivity contribution is 0.0727. The number of phenolic OH excluding ortho intramolecular Hbond substituents is 1. The van der Waals surface area contributed by atoms with Gasteiger partial charge in [0.25, 0.3) is 0 Å². The van der Waals surface area contributed by atoms with E-state index in [2.05, 4.69) is 6.92 Å². The second kappa shape index (κ2) is 11.7. The molecule has 1 unspecified atom stereocenters. The molecule has 0 heterocycles. The lowest BCUT2D eigenvalue weighted by Gasteiger charge is -2.32. The summed E-state index contributed by atoms with van der Waals surface area (Å²) in [5.74, 6) is -2.00. The molecule has 0 aliphatic heterocycles. The van der Waals surface area contributed by atoms with E-state index in [0.29, 0.717) is 12.2 Å². The predicted molar refractivity (Wildman–Crippen MR) is 130 cm³/mol. The number of hydrogen-bond donors (Lipinski definition) is 2. The van der Waals surface area contributed by atoms with Crippen molar-refractivity contribution >= 4 is 0 Å². The van der Waals surface area contributed by atoms with E-state index in [1.54, 1.807) is 18.2 Å². The second-order valence-corrected chi connectivity index (χ2v) is 10.5. The van der Waals surface area contributed by atoms with Gasteiger partial charge in [-0.25, -0.2) is 8.78 Å². The molecule has 0 radical (unpaired) electrons. The Kier molecular flexibility index (Phi) is 8.64. The lowest BCUT2D eigenvalue weighted by Crippen LogP contribution is -2.25. The van der Waals surface area contributed by atoms with Crippen molar-refractivity contribution in [2.75, 3.05) is 6.61 Å². The number of hydrogen-bond acceptors (Lipinski definition) is 3. The summed E-state index contributed by atoms with van der Waals surface area (Å²) in [6, 6.07) is 7.77. The molecule has 2 aromatic rings.